The highest BCUT2D eigenvalue weighted by Crippen LogP contribution is 2.52. The van der Waals surface area contributed by atoms with Crippen molar-refractivity contribution in [2.75, 3.05) is 24.0 Å². The summed E-state index contributed by atoms with van der Waals surface area (Å²) in [6, 6.07) is 28.9. The number of nitrogens with one attached hydrogen (secondary N) is 2. The van der Waals surface area contributed by atoms with Crippen LogP contribution < -0.4 is 19.7 Å². The zero-order chi connectivity index (χ0) is 61.0. The van der Waals surface area contributed by atoms with Crippen LogP contribution in [0, 0.1) is 22.5 Å². The zero-order valence-electron chi connectivity index (χ0n) is 47.5. The molecule has 0 spiro atoms. The maximum absolute atomic E-state index is 14.7. The summed E-state index contributed by atoms with van der Waals surface area (Å²) in [7, 11) is -4.76. The van der Waals surface area contributed by atoms with Gasteiger partial charge in [-0.3, -0.25) is 28.8 Å². The Kier molecular flexibility index (Phi) is 18.7. The first kappa shape index (κ1) is 61.7. The van der Waals surface area contributed by atoms with E-state index in [-0.39, 0.29) is 73.6 Å². The minimum atomic E-state index is -4.92. The smallest absolute Gasteiger partial charge is 0.407 e. The van der Waals surface area contributed by atoms with Crippen LogP contribution in [0.5, 0.6) is 17.2 Å². The summed E-state index contributed by atoms with van der Waals surface area (Å²) in [5.74, 6) is -1.01. The number of fused-ring (bicyclic) bond motifs is 2. The number of hydrogen-bond acceptors (Lipinski definition) is 14. The molecule has 4 N–H and O–H groups in total. The molecule has 18 nitrogen and oxygen atoms in total. The van der Waals surface area contributed by atoms with Crippen molar-refractivity contribution < 1.29 is 65.3 Å². The maximum Gasteiger partial charge on any atom is 0.407 e. The van der Waals surface area contributed by atoms with Crippen LogP contribution in [0.1, 0.15) is 100 Å². The summed E-state index contributed by atoms with van der Waals surface area (Å²) in [5, 5.41) is 35.8. The number of phenolic OH excluding ortho intramolecular Hbond substituents is 2. The Labute approximate surface area is 494 Å². The van der Waals surface area contributed by atoms with E-state index in [0.29, 0.717) is 51.4 Å². The Morgan fingerprint density at radius 3 is 2.06 bits per heavy atom. The van der Waals surface area contributed by atoms with Crippen molar-refractivity contribution in [1.82, 2.24) is 20.5 Å². The molecule has 4 heterocycles. The van der Waals surface area contributed by atoms with Gasteiger partial charge in [0.2, 0.25) is 27.7 Å². The summed E-state index contributed by atoms with van der Waals surface area (Å²) in [6.07, 6.45) is -5.97. The molecule has 3 aliphatic rings. The molecule has 6 aromatic rings. The van der Waals surface area contributed by atoms with E-state index in [1.165, 1.54) is 76.9 Å². The number of non-ortho nitro benzene ring substituents is 1. The van der Waals surface area contributed by atoms with E-state index in [1.807, 2.05) is 58.9 Å². The molecular weight excluding hydrogens is 1140 g/mol. The lowest BCUT2D eigenvalue weighted by Crippen LogP contribution is -2.57. The number of anilines is 1. The van der Waals surface area contributed by atoms with Crippen LogP contribution in [-0.2, 0) is 40.5 Å². The Balaban J connectivity index is 0.802. The van der Waals surface area contributed by atoms with E-state index < -0.39 is 86.6 Å². The highest BCUT2D eigenvalue weighted by molar-refractivity contribution is 7.93. The molecule has 9 rings (SSSR count). The molecule has 2 bridgehead atoms. The van der Waals surface area contributed by atoms with Gasteiger partial charge < -0.3 is 40.0 Å². The van der Waals surface area contributed by atoms with Crippen molar-refractivity contribution in [3.63, 3.8) is 0 Å². The van der Waals surface area contributed by atoms with E-state index in [9.17, 15) is 56.3 Å². The molecule has 7 atom stereocenters. The molecule has 1 aromatic heterocycles. The molecule has 0 aliphatic carbocycles. The van der Waals surface area contributed by atoms with Gasteiger partial charge in [-0.2, -0.15) is 13.2 Å². The van der Waals surface area contributed by atoms with Crippen molar-refractivity contribution >= 4 is 61.6 Å². The van der Waals surface area contributed by atoms with Gasteiger partial charge in [0, 0.05) is 31.5 Å². The number of nitro benzene ring substituents is 1. The van der Waals surface area contributed by atoms with Gasteiger partial charge in [0.25, 0.3) is 5.69 Å². The van der Waals surface area contributed by atoms with Gasteiger partial charge in [-0.05, 0) is 145 Å². The molecule has 23 heteroatoms. The molecule has 85 heavy (non-hydrogen) atoms. The van der Waals surface area contributed by atoms with Crippen LogP contribution in [0.2, 0.25) is 0 Å². The summed E-state index contributed by atoms with van der Waals surface area (Å²) >= 11 is 1.54. The normalized spacial score (nSPS) is 19.4. The van der Waals surface area contributed by atoms with Crippen LogP contribution in [-0.4, -0.2) is 113 Å². The number of unbranched alkanes of at least 4 members (excludes halogenated alkanes) is 2. The number of alkyl halides is 3. The van der Waals surface area contributed by atoms with E-state index in [0.717, 1.165) is 21.7 Å². The summed E-state index contributed by atoms with van der Waals surface area (Å²) in [6.45, 7) is 7.72. The zero-order valence-corrected chi connectivity index (χ0v) is 49.1. The average Bonchev–Trinajstić information content (AvgIpc) is 1.64. The molecule has 7 unspecified atom stereocenters. The molecule has 5 aromatic carbocycles. The van der Waals surface area contributed by atoms with E-state index in [4.69, 9.17) is 14.2 Å². The number of aromatic hydroxyl groups is 2. The molecular formula is C62H67F3N6O12S2. The van der Waals surface area contributed by atoms with Crippen LogP contribution in [0.3, 0.4) is 0 Å². The fraction of sp³-hybridized carbons (Fsp3) is 0.387. The van der Waals surface area contributed by atoms with Gasteiger partial charge in [0.05, 0.1) is 58.2 Å². The number of carbonyl (C=O) groups is 3. The molecule has 450 valence electrons. The number of amides is 3. The van der Waals surface area contributed by atoms with Gasteiger partial charge in [-0.25, -0.2) is 13.4 Å². The van der Waals surface area contributed by atoms with Gasteiger partial charge in [-0.1, -0.05) is 69.3 Å². The standard InChI is InChI=1S/C62H67F3N6O12S2/c1-37(40-12-14-43(15-13-40)57-38(2)66-36-84-57)67-59(75)50-31-49(82-34-39-10-20-45(21-11-39)71(77)78)33-69(50)60(76)58(61(3,4)5)68-53(74)9-7-6-8-30-81-48-28-22-44(23-29-48)70(35-62(63,64)65)85(79,80)52-32-51-54(41-16-24-46(72)25-17-41)55(56(52)83-51)42-18-26-47(73)27-19-42/h10-29,36-37,49-52,56,58,72-73H,6-9,30-35H2,1-5H3,(H,67,75)(H,68,74). The van der Waals surface area contributed by atoms with Gasteiger partial charge in [0.15, 0.2) is 0 Å². The first-order chi connectivity index (χ1) is 40.3. The minimum absolute atomic E-state index is 0.00842. The predicted octanol–water partition coefficient (Wildman–Crippen LogP) is 10.8. The fourth-order valence-electron chi connectivity index (χ4n) is 11.0. The number of sulfonamides is 1. The second-order valence-corrected chi connectivity index (χ2v) is 25.6. The Morgan fingerprint density at radius 2 is 1.47 bits per heavy atom. The molecule has 0 saturated carbocycles. The minimum Gasteiger partial charge on any atom is -0.508 e. The number of ether oxygens (including phenoxy) is 3. The monoisotopic (exact) mass is 1210 g/mol. The lowest BCUT2D eigenvalue weighted by atomic mass is 9.83. The van der Waals surface area contributed by atoms with Crippen molar-refractivity contribution in [1.29, 1.82) is 0 Å². The van der Waals surface area contributed by atoms with Crippen molar-refractivity contribution in [2.24, 2.45) is 5.41 Å². The van der Waals surface area contributed by atoms with Gasteiger partial charge in [-0.15, -0.1) is 11.3 Å². The predicted molar refractivity (Wildman–Crippen MR) is 315 cm³/mol. The van der Waals surface area contributed by atoms with E-state index in [1.54, 1.807) is 41.9 Å². The first-order valence-corrected chi connectivity index (χ1v) is 30.3. The number of phenols is 2. The first-order valence-electron chi connectivity index (χ1n) is 27.9. The third-order valence-corrected chi connectivity index (χ3v) is 18.6. The molecule has 3 amide bonds. The van der Waals surface area contributed by atoms with Crippen LogP contribution in [0.25, 0.3) is 21.6 Å². The number of aromatic nitrogens is 1. The van der Waals surface area contributed by atoms with Crippen molar-refractivity contribution in [2.45, 2.75) is 128 Å². The molecule has 0 radical (unpaired) electrons. The Bertz CT molecular complexity index is 3500. The topological polar surface area (TPSA) is 240 Å². The summed E-state index contributed by atoms with van der Waals surface area (Å²) < 4.78 is 90.6. The number of rotatable bonds is 23. The lowest BCUT2D eigenvalue weighted by molar-refractivity contribution is -0.384. The number of nitro groups is 1. The van der Waals surface area contributed by atoms with Crippen molar-refractivity contribution in [3.8, 4) is 27.7 Å². The number of likely N-dealkylation sites (tertiary alicyclic amines) is 1. The maximum atomic E-state index is 14.7. The molecule has 2 fully saturated rings. The number of thiazole rings is 1. The Morgan fingerprint density at radius 1 is 0.847 bits per heavy atom. The average molecular weight is 1210 g/mol. The van der Waals surface area contributed by atoms with Crippen LogP contribution in [0.15, 0.2) is 127 Å². The van der Waals surface area contributed by atoms with E-state index >= 15 is 0 Å². The van der Waals surface area contributed by atoms with Crippen molar-refractivity contribution in [3.05, 3.63) is 165 Å². The second-order valence-electron chi connectivity index (χ2n) is 22.6. The summed E-state index contributed by atoms with van der Waals surface area (Å²) in [5.41, 5.74) is 6.38. The number of halogens is 3. The van der Waals surface area contributed by atoms with Gasteiger partial charge in [0.1, 0.15) is 47.2 Å². The number of aryl methyl sites for hydroxylation is 1. The summed E-state index contributed by atoms with van der Waals surface area (Å²) in [4.78, 5) is 60.2. The third-order valence-electron chi connectivity index (χ3n) is 15.5. The largest absolute Gasteiger partial charge is 0.508 e. The third kappa shape index (κ3) is 14.6. The number of benzene rings is 5. The van der Waals surface area contributed by atoms with Crippen LogP contribution in [0.4, 0.5) is 24.5 Å². The number of carbonyl (C=O) groups excluding carboxylic acids is 3. The molecule has 2 saturated heterocycles. The highest BCUT2D eigenvalue weighted by atomic mass is 32.2. The number of nitrogens with zero attached hydrogens (tertiary/aromatic N) is 4. The Hall–Kier alpha value is -7.86. The van der Waals surface area contributed by atoms with Gasteiger partial charge >= 0.3 is 6.18 Å². The molecule has 3 aliphatic heterocycles. The van der Waals surface area contributed by atoms with Crippen LogP contribution >= 0.6 is 11.3 Å². The van der Waals surface area contributed by atoms with E-state index in [2.05, 4.69) is 15.6 Å². The number of hydrogen-bond donors (Lipinski definition) is 4. The highest BCUT2D eigenvalue weighted by Gasteiger charge is 2.55. The quantitative estimate of drug-likeness (QED) is 0.0265. The fourth-order valence-corrected chi connectivity index (χ4v) is 13.9. The lowest BCUT2D eigenvalue weighted by Gasteiger charge is -2.35. The SMILES string of the molecule is Cc1ncsc1-c1ccc(C(C)NC(=O)C2CC(OCc3ccc([N+](=O)[O-])cc3)CN2C(=O)C(NC(=O)CCCCCOc2ccc(N(CC(F)(F)F)S(=O)(=O)C3CC4OC3C(c3ccc(O)cc3)=C4c3ccc(O)cc3)cc2)C(C)(C)C)cc1. The second kappa shape index (κ2) is 25.8.